The van der Waals surface area contributed by atoms with Gasteiger partial charge in [-0.3, -0.25) is 0 Å². The van der Waals surface area contributed by atoms with Crippen LogP contribution in [0.4, 0.5) is 14.9 Å². The third-order valence-electron chi connectivity index (χ3n) is 3.69. The molecule has 0 atom stereocenters. The first kappa shape index (κ1) is 13.8. The molecule has 0 heterocycles. The number of hydrogen-bond donors (Lipinski definition) is 2. The first-order chi connectivity index (χ1) is 9.06. The molecule has 5 heteroatoms. The molecule has 0 aromatic heterocycles. The van der Waals surface area contributed by atoms with Gasteiger partial charge in [-0.15, -0.1) is 0 Å². The van der Waals surface area contributed by atoms with Crippen molar-refractivity contribution in [2.24, 2.45) is 5.73 Å². The van der Waals surface area contributed by atoms with Gasteiger partial charge < -0.3 is 16.0 Å². The van der Waals surface area contributed by atoms with Crippen molar-refractivity contribution in [3.8, 4) is 0 Å². The number of urea groups is 1. The standard InChI is InChI=1S/C14H20FN3O/c1-18(13-7-5-11(16)6-8-13)14(19)17-12-4-2-3-10(15)9-12/h2-4,9,11,13H,5-8,16H2,1H3,(H,17,19). The number of hydrogen-bond acceptors (Lipinski definition) is 2. The van der Waals surface area contributed by atoms with E-state index in [-0.39, 0.29) is 23.9 Å². The number of nitrogens with zero attached hydrogens (tertiary/aromatic N) is 1. The number of halogens is 1. The molecule has 1 aliphatic rings. The van der Waals surface area contributed by atoms with Gasteiger partial charge in [-0.05, 0) is 43.9 Å². The van der Waals surface area contributed by atoms with E-state index in [4.69, 9.17) is 5.73 Å². The normalized spacial score (nSPS) is 22.9. The van der Waals surface area contributed by atoms with Crippen molar-refractivity contribution in [1.29, 1.82) is 0 Å². The van der Waals surface area contributed by atoms with E-state index < -0.39 is 0 Å². The number of rotatable bonds is 2. The van der Waals surface area contributed by atoms with Crippen molar-refractivity contribution < 1.29 is 9.18 Å². The predicted molar refractivity (Wildman–Crippen MR) is 73.4 cm³/mol. The van der Waals surface area contributed by atoms with Gasteiger partial charge in [0.05, 0.1) is 0 Å². The molecule has 4 nitrogen and oxygen atoms in total. The maximum Gasteiger partial charge on any atom is 0.321 e. The Morgan fingerprint density at radius 2 is 2.05 bits per heavy atom. The molecule has 1 fully saturated rings. The number of nitrogens with one attached hydrogen (secondary N) is 1. The third kappa shape index (κ3) is 3.67. The number of nitrogens with two attached hydrogens (primary N) is 1. The Hall–Kier alpha value is -1.62. The molecule has 3 N–H and O–H groups in total. The van der Waals surface area contributed by atoms with E-state index in [1.165, 1.54) is 12.1 Å². The van der Waals surface area contributed by atoms with Gasteiger partial charge in [0.1, 0.15) is 5.82 Å². The maximum absolute atomic E-state index is 13.0. The van der Waals surface area contributed by atoms with Crippen LogP contribution in [0.2, 0.25) is 0 Å². The summed E-state index contributed by atoms with van der Waals surface area (Å²) in [6.07, 6.45) is 3.74. The average Bonchev–Trinajstić information content (AvgIpc) is 2.39. The van der Waals surface area contributed by atoms with Gasteiger partial charge in [0.25, 0.3) is 0 Å². The van der Waals surface area contributed by atoms with Crippen molar-refractivity contribution >= 4 is 11.7 Å². The summed E-state index contributed by atoms with van der Waals surface area (Å²) in [7, 11) is 1.77. The first-order valence-corrected chi connectivity index (χ1v) is 6.61. The Kier molecular flexibility index (Phi) is 4.37. The Morgan fingerprint density at radius 1 is 1.37 bits per heavy atom. The minimum atomic E-state index is -0.357. The molecule has 19 heavy (non-hydrogen) atoms. The molecule has 1 aromatic rings. The van der Waals surface area contributed by atoms with Crippen LogP contribution in [-0.2, 0) is 0 Å². The van der Waals surface area contributed by atoms with Crippen molar-refractivity contribution in [1.82, 2.24) is 4.90 Å². The molecule has 0 radical (unpaired) electrons. The van der Waals surface area contributed by atoms with Crippen molar-refractivity contribution in [3.05, 3.63) is 30.1 Å². The Bertz CT molecular complexity index is 444. The van der Waals surface area contributed by atoms with Crippen molar-refractivity contribution in [2.45, 2.75) is 37.8 Å². The monoisotopic (exact) mass is 265 g/mol. The predicted octanol–water partition coefficient (Wildman–Crippen LogP) is 2.56. The highest BCUT2D eigenvalue weighted by molar-refractivity contribution is 5.89. The first-order valence-electron chi connectivity index (χ1n) is 6.61. The van der Waals surface area contributed by atoms with Crippen LogP contribution in [-0.4, -0.2) is 30.1 Å². The second kappa shape index (κ2) is 6.02. The molecule has 1 aromatic carbocycles. The highest BCUT2D eigenvalue weighted by atomic mass is 19.1. The lowest BCUT2D eigenvalue weighted by Crippen LogP contribution is -2.43. The number of carbonyl (C=O) groups excluding carboxylic acids is 1. The van der Waals surface area contributed by atoms with E-state index in [9.17, 15) is 9.18 Å². The zero-order chi connectivity index (χ0) is 13.8. The van der Waals surface area contributed by atoms with Gasteiger partial charge in [-0.2, -0.15) is 0 Å². The molecule has 0 unspecified atom stereocenters. The largest absolute Gasteiger partial charge is 0.328 e. The van der Waals surface area contributed by atoms with Gasteiger partial charge in [-0.1, -0.05) is 6.07 Å². The van der Waals surface area contributed by atoms with Crippen LogP contribution in [0.1, 0.15) is 25.7 Å². The van der Waals surface area contributed by atoms with Gasteiger partial charge >= 0.3 is 6.03 Å². The Labute approximate surface area is 112 Å². The van der Waals surface area contributed by atoms with E-state index >= 15 is 0 Å². The molecule has 1 saturated carbocycles. The Morgan fingerprint density at radius 3 is 2.68 bits per heavy atom. The average molecular weight is 265 g/mol. The van der Waals surface area contributed by atoms with Crippen LogP contribution in [0.3, 0.4) is 0 Å². The molecule has 104 valence electrons. The summed E-state index contributed by atoms with van der Waals surface area (Å²) < 4.78 is 13.0. The highest BCUT2D eigenvalue weighted by Gasteiger charge is 2.24. The van der Waals surface area contributed by atoms with E-state index in [1.54, 1.807) is 24.1 Å². The number of amides is 2. The lowest BCUT2D eigenvalue weighted by Gasteiger charge is -2.33. The summed E-state index contributed by atoms with van der Waals surface area (Å²) in [4.78, 5) is 13.8. The summed E-state index contributed by atoms with van der Waals surface area (Å²) in [5, 5.41) is 2.71. The molecular formula is C14H20FN3O. The second-order valence-electron chi connectivity index (χ2n) is 5.12. The maximum atomic E-state index is 13.0. The molecule has 0 spiro atoms. The molecule has 2 amide bonds. The van der Waals surface area contributed by atoms with E-state index in [1.807, 2.05) is 0 Å². The van der Waals surface area contributed by atoms with Crippen LogP contribution in [0, 0.1) is 5.82 Å². The fraction of sp³-hybridized carbons (Fsp3) is 0.500. The molecule has 1 aliphatic carbocycles. The van der Waals surface area contributed by atoms with Gasteiger partial charge in [-0.25, -0.2) is 9.18 Å². The SMILES string of the molecule is CN(C(=O)Nc1cccc(F)c1)C1CCC(N)CC1. The van der Waals surface area contributed by atoms with Gasteiger partial charge in [0, 0.05) is 24.8 Å². The minimum Gasteiger partial charge on any atom is -0.328 e. The second-order valence-corrected chi connectivity index (χ2v) is 5.12. The summed E-state index contributed by atoms with van der Waals surface area (Å²) >= 11 is 0. The third-order valence-corrected chi connectivity index (χ3v) is 3.69. The molecule has 2 rings (SSSR count). The van der Waals surface area contributed by atoms with Gasteiger partial charge in [0.2, 0.25) is 0 Å². The summed E-state index contributed by atoms with van der Waals surface area (Å²) in [6, 6.07) is 6.18. The van der Waals surface area contributed by atoms with E-state index in [0.29, 0.717) is 5.69 Å². The number of anilines is 1. The fourth-order valence-corrected chi connectivity index (χ4v) is 2.43. The molecule has 0 bridgehead atoms. The zero-order valence-electron chi connectivity index (χ0n) is 11.1. The molecule has 0 aliphatic heterocycles. The molecular weight excluding hydrogens is 245 g/mol. The summed E-state index contributed by atoms with van der Waals surface area (Å²) in [5.74, 6) is -0.357. The fourth-order valence-electron chi connectivity index (χ4n) is 2.43. The molecule has 0 saturated heterocycles. The van der Waals surface area contributed by atoms with Crippen molar-refractivity contribution in [3.63, 3.8) is 0 Å². The highest BCUT2D eigenvalue weighted by Crippen LogP contribution is 2.22. The Balaban J connectivity index is 1.92. The summed E-state index contributed by atoms with van der Waals surface area (Å²) in [5.41, 5.74) is 6.33. The number of carbonyl (C=O) groups is 1. The van der Waals surface area contributed by atoms with Crippen LogP contribution < -0.4 is 11.1 Å². The van der Waals surface area contributed by atoms with Crippen LogP contribution in [0.5, 0.6) is 0 Å². The van der Waals surface area contributed by atoms with Crippen LogP contribution >= 0.6 is 0 Å². The van der Waals surface area contributed by atoms with Crippen molar-refractivity contribution in [2.75, 3.05) is 12.4 Å². The van der Waals surface area contributed by atoms with Crippen LogP contribution in [0.25, 0.3) is 0 Å². The minimum absolute atomic E-state index is 0.203. The quantitative estimate of drug-likeness (QED) is 0.863. The van der Waals surface area contributed by atoms with Crippen LogP contribution in [0.15, 0.2) is 24.3 Å². The lowest BCUT2D eigenvalue weighted by atomic mass is 9.91. The topological polar surface area (TPSA) is 58.4 Å². The lowest BCUT2D eigenvalue weighted by molar-refractivity contribution is 0.182. The zero-order valence-corrected chi connectivity index (χ0v) is 11.1. The van der Waals surface area contributed by atoms with E-state index in [0.717, 1.165) is 25.7 Å². The van der Waals surface area contributed by atoms with E-state index in [2.05, 4.69) is 5.32 Å². The van der Waals surface area contributed by atoms with Gasteiger partial charge in [0.15, 0.2) is 0 Å². The summed E-state index contributed by atoms with van der Waals surface area (Å²) in [6.45, 7) is 0. The number of benzene rings is 1. The smallest absolute Gasteiger partial charge is 0.321 e.